The molecule has 346 valence electrons. The van der Waals surface area contributed by atoms with Crippen LogP contribution in [0.15, 0.2) is 109 Å². The third kappa shape index (κ3) is 10.8. The van der Waals surface area contributed by atoms with E-state index in [2.05, 4.69) is 27.7 Å². The number of hydrogen-bond acceptors (Lipinski definition) is 12. The molecule has 14 heteroatoms. The first kappa shape index (κ1) is 47.2. The second-order valence-electron chi connectivity index (χ2n) is 18.2. The molecule has 0 aliphatic carbocycles. The lowest BCUT2D eigenvalue weighted by Gasteiger charge is -2.35. The van der Waals surface area contributed by atoms with Gasteiger partial charge in [0.1, 0.15) is 34.1 Å². The number of hydrogen-bond donors (Lipinski definition) is 0. The molecule has 2 saturated heterocycles. The smallest absolute Gasteiger partial charge is 0.342 e. The fraction of sp³-hybridized carbons (Fsp3) is 0.346. The molecule has 6 aromatic carbocycles. The number of para-hydroxylation sites is 2. The molecule has 0 spiro atoms. The normalized spacial score (nSPS) is 16.6. The summed E-state index contributed by atoms with van der Waals surface area (Å²) in [5.74, 6) is 0.140. The number of esters is 2. The van der Waals surface area contributed by atoms with Crippen molar-refractivity contribution in [2.75, 3.05) is 33.0 Å². The zero-order chi connectivity index (χ0) is 46.4. The summed E-state index contributed by atoms with van der Waals surface area (Å²) in [4.78, 5) is 28.6. The summed E-state index contributed by atoms with van der Waals surface area (Å²) in [5.41, 5.74) is 2.42. The van der Waals surface area contributed by atoms with Crippen LogP contribution in [0.5, 0.6) is 23.0 Å². The van der Waals surface area contributed by atoms with Crippen LogP contribution >= 0.6 is 18.1 Å². The van der Waals surface area contributed by atoms with E-state index in [-0.39, 0.29) is 40.1 Å². The summed E-state index contributed by atoms with van der Waals surface area (Å²) in [6, 6.07) is 33.8. The molecule has 8 rings (SSSR count). The second kappa shape index (κ2) is 20.7. The molecule has 66 heavy (non-hydrogen) atoms. The van der Waals surface area contributed by atoms with Gasteiger partial charge in [0.25, 0.3) is 18.1 Å². The molecule has 0 N–H and O–H groups in total. The Kier molecular flexibility index (Phi) is 14.8. The molecule has 0 radical (unpaired) electrons. The fourth-order valence-corrected chi connectivity index (χ4v) is 8.94. The Morgan fingerprint density at radius 1 is 0.591 bits per heavy atom. The highest BCUT2D eigenvalue weighted by Gasteiger charge is 2.34. The van der Waals surface area contributed by atoms with Crippen molar-refractivity contribution in [2.45, 2.75) is 73.6 Å². The molecule has 2 fully saturated rings. The highest BCUT2D eigenvalue weighted by Crippen LogP contribution is 2.52. The van der Waals surface area contributed by atoms with E-state index in [1.54, 1.807) is 26.0 Å². The van der Waals surface area contributed by atoms with Crippen LogP contribution in [0.3, 0.4) is 0 Å². The second-order valence-corrected chi connectivity index (χ2v) is 19.3. The molecule has 0 aromatic heterocycles. The third-order valence-corrected chi connectivity index (χ3v) is 12.1. The number of ether oxygens (including phenoxy) is 6. The predicted octanol–water partition coefficient (Wildman–Crippen LogP) is 12.9. The summed E-state index contributed by atoms with van der Waals surface area (Å²) >= 11 is 0. The first-order valence-corrected chi connectivity index (χ1v) is 23.8. The maximum Gasteiger partial charge on any atom is 0.342 e. The summed E-state index contributed by atoms with van der Waals surface area (Å²) < 4.78 is 62.6. The van der Waals surface area contributed by atoms with Crippen molar-refractivity contribution in [1.29, 1.82) is 0 Å². The van der Waals surface area contributed by atoms with Gasteiger partial charge in [0.2, 0.25) is 0 Å². The van der Waals surface area contributed by atoms with Crippen LogP contribution in [0.1, 0.15) is 99.3 Å². The Morgan fingerprint density at radius 2 is 1.00 bits per heavy atom. The highest BCUT2D eigenvalue weighted by atomic mass is 31.1. The standard InChI is InChI=1S/C52H56O12P2/c1-8-25-55-47(53)39-26-33-17-9-11-19-35(33)43(45(39)63-65-61-41-23-15-13-21-37(41)49-56-28-51(4,5)29-57-49)44-36-20-12-10-18-34(36)27-40(48(54)60-32(2)3)46(44)64-66-62-42-24-16-14-22-38(42)50-58-30-52(6,7)31-59-50/h9-24,26-27,32,49-50,65-66H,8,25,28-31H2,1-7H3. The zero-order valence-corrected chi connectivity index (χ0v) is 40.3. The van der Waals surface area contributed by atoms with Crippen molar-refractivity contribution in [3.63, 3.8) is 0 Å². The van der Waals surface area contributed by atoms with Crippen LogP contribution in [0.2, 0.25) is 0 Å². The molecule has 2 atom stereocenters. The Bertz CT molecular complexity index is 2680. The fourth-order valence-electron chi connectivity index (χ4n) is 7.71. The quantitative estimate of drug-likeness (QED) is 0.0677. The molecule has 2 aliphatic rings. The van der Waals surface area contributed by atoms with E-state index in [0.717, 1.165) is 10.8 Å². The van der Waals surface area contributed by atoms with Gasteiger partial charge in [-0.1, -0.05) is 120 Å². The first-order chi connectivity index (χ1) is 31.8. The van der Waals surface area contributed by atoms with Crippen LogP contribution < -0.4 is 18.1 Å². The maximum atomic E-state index is 14.3. The Balaban J connectivity index is 1.26. The Hall–Kier alpha value is -5.32. The third-order valence-electron chi connectivity index (χ3n) is 10.9. The number of benzene rings is 6. The van der Waals surface area contributed by atoms with Gasteiger partial charge in [-0.2, -0.15) is 0 Å². The molecule has 2 unspecified atom stereocenters. The van der Waals surface area contributed by atoms with E-state index in [9.17, 15) is 9.59 Å². The van der Waals surface area contributed by atoms with Gasteiger partial charge >= 0.3 is 11.9 Å². The van der Waals surface area contributed by atoms with Crippen LogP contribution in [0.4, 0.5) is 0 Å². The van der Waals surface area contributed by atoms with Crippen molar-refractivity contribution < 1.29 is 56.1 Å². The molecule has 2 heterocycles. The van der Waals surface area contributed by atoms with Gasteiger partial charge in [-0.05, 0) is 66.1 Å². The van der Waals surface area contributed by atoms with Gasteiger partial charge in [-0.15, -0.1) is 0 Å². The van der Waals surface area contributed by atoms with Crippen molar-refractivity contribution in [1.82, 2.24) is 0 Å². The molecule has 0 saturated carbocycles. The van der Waals surface area contributed by atoms with Crippen molar-refractivity contribution in [2.24, 2.45) is 10.8 Å². The SMILES string of the molecule is CCCOC(=O)c1cc2ccccc2c(-c2c(OPOc3ccccc3C3OCC(C)(C)CO3)c(C(=O)OC(C)C)cc3ccccc23)c1OPOc1ccccc1C1OCC(C)(C)CO1. The van der Waals surface area contributed by atoms with Crippen molar-refractivity contribution in [3.8, 4) is 34.1 Å². The summed E-state index contributed by atoms with van der Waals surface area (Å²) in [5, 5.41) is 2.87. The zero-order valence-electron chi connectivity index (χ0n) is 38.3. The van der Waals surface area contributed by atoms with Gasteiger partial charge in [0.05, 0.1) is 50.3 Å². The van der Waals surface area contributed by atoms with Crippen molar-refractivity contribution in [3.05, 3.63) is 131 Å². The summed E-state index contributed by atoms with van der Waals surface area (Å²) in [7, 11) is -1.34. The first-order valence-electron chi connectivity index (χ1n) is 22.1. The largest absolute Gasteiger partial charge is 0.462 e. The van der Waals surface area contributed by atoms with Crippen LogP contribution in [-0.2, 0) is 28.4 Å². The van der Waals surface area contributed by atoms with E-state index in [1.807, 2.05) is 104 Å². The van der Waals surface area contributed by atoms with E-state index in [0.29, 0.717) is 77.4 Å². The minimum absolute atomic E-state index is 0.129. The van der Waals surface area contributed by atoms with Gasteiger partial charge in [0, 0.05) is 22.0 Å². The summed E-state index contributed by atoms with van der Waals surface area (Å²) in [6.07, 6.45) is -1.12. The average Bonchev–Trinajstić information content (AvgIpc) is 3.30. The van der Waals surface area contributed by atoms with E-state index >= 15 is 0 Å². The van der Waals surface area contributed by atoms with Gasteiger partial charge < -0.3 is 46.5 Å². The minimum atomic E-state index is -0.669. The number of rotatable bonds is 16. The molecule has 0 amide bonds. The van der Waals surface area contributed by atoms with Gasteiger partial charge in [-0.3, -0.25) is 0 Å². The molecular weight excluding hydrogens is 879 g/mol. The van der Waals surface area contributed by atoms with E-state index < -0.39 is 48.7 Å². The predicted molar refractivity (Wildman–Crippen MR) is 257 cm³/mol. The molecular formula is C52H56O12P2. The van der Waals surface area contributed by atoms with Gasteiger partial charge in [-0.25, -0.2) is 9.59 Å². The molecule has 12 nitrogen and oxygen atoms in total. The van der Waals surface area contributed by atoms with Crippen molar-refractivity contribution >= 4 is 51.6 Å². The number of fused-ring (bicyclic) bond motifs is 2. The highest BCUT2D eigenvalue weighted by molar-refractivity contribution is 7.27. The minimum Gasteiger partial charge on any atom is -0.462 e. The Morgan fingerprint density at radius 3 is 1.44 bits per heavy atom. The number of carbonyl (C=O) groups is 2. The monoisotopic (exact) mass is 934 g/mol. The maximum absolute atomic E-state index is 14.3. The number of carbonyl (C=O) groups excluding carboxylic acids is 2. The van der Waals surface area contributed by atoms with Crippen LogP contribution in [-0.4, -0.2) is 51.1 Å². The summed E-state index contributed by atoms with van der Waals surface area (Å²) in [6.45, 7) is 16.1. The molecule has 0 bridgehead atoms. The van der Waals surface area contributed by atoms with E-state index in [1.165, 1.54) is 0 Å². The Labute approximate surface area is 389 Å². The lowest BCUT2D eigenvalue weighted by atomic mass is 9.88. The van der Waals surface area contributed by atoms with Crippen LogP contribution in [0.25, 0.3) is 32.7 Å². The topological polar surface area (TPSA) is 126 Å². The van der Waals surface area contributed by atoms with E-state index in [4.69, 9.17) is 46.5 Å². The lowest BCUT2D eigenvalue weighted by molar-refractivity contribution is -0.226. The molecule has 6 aromatic rings. The molecule has 2 aliphatic heterocycles. The van der Waals surface area contributed by atoms with Gasteiger partial charge in [0.15, 0.2) is 12.6 Å². The van der Waals surface area contributed by atoms with Crippen LogP contribution in [0, 0.1) is 10.8 Å². The lowest BCUT2D eigenvalue weighted by Crippen LogP contribution is -2.33. The average molecular weight is 935 g/mol.